The van der Waals surface area contributed by atoms with Crippen LogP contribution in [0.2, 0.25) is 0 Å². The summed E-state index contributed by atoms with van der Waals surface area (Å²) in [6, 6.07) is 6.16. The van der Waals surface area contributed by atoms with E-state index >= 15 is 0 Å². The fraction of sp³-hybridized carbons (Fsp3) is 0.227. The highest BCUT2D eigenvalue weighted by Crippen LogP contribution is 2.28. The SMILES string of the molecule is O=c1c(-c2ccc(O)cc2)coc2c1C=CC(OC1OC(CO)C(O)=C(O)C1O)=CC2. The van der Waals surface area contributed by atoms with Crippen LogP contribution in [0.5, 0.6) is 5.75 Å². The molecule has 2 heterocycles. The van der Waals surface area contributed by atoms with Crippen LogP contribution in [0.15, 0.2) is 69.2 Å². The maximum absolute atomic E-state index is 13.0. The van der Waals surface area contributed by atoms with Gasteiger partial charge >= 0.3 is 0 Å². The van der Waals surface area contributed by atoms with Gasteiger partial charge < -0.3 is 39.4 Å². The Morgan fingerprint density at radius 2 is 1.81 bits per heavy atom. The number of ether oxygens (including phenoxy) is 2. The Hall–Kier alpha value is -3.53. The highest BCUT2D eigenvalue weighted by Gasteiger charge is 2.39. The maximum Gasteiger partial charge on any atom is 0.234 e. The number of aliphatic hydroxyl groups is 4. The zero-order valence-electron chi connectivity index (χ0n) is 16.1. The molecule has 1 aromatic heterocycles. The minimum Gasteiger partial charge on any atom is -0.508 e. The van der Waals surface area contributed by atoms with Crippen molar-refractivity contribution in [3.63, 3.8) is 0 Å². The first-order valence-electron chi connectivity index (χ1n) is 9.44. The van der Waals surface area contributed by atoms with Crippen LogP contribution in [-0.2, 0) is 15.9 Å². The van der Waals surface area contributed by atoms with Crippen LogP contribution in [0.25, 0.3) is 17.2 Å². The smallest absolute Gasteiger partial charge is 0.234 e. The van der Waals surface area contributed by atoms with E-state index in [9.17, 15) is 30.3 Å². The van der Waals surface area contributed by atoms with Gasteiger partial charge in [0.05, 0.1) is 17.7 Å². The summed E-state index contributed by atoms with van der Waals surface area (Å²) in [7, 11) is 0. The standard InChI is InChI=1S/C22H20O9/c23-9-17-19(26)20(27)21(28)22(31-17)30-13-5-7-14-16(8-6-13)29-10-15(18(14)25)11-1-3-12(24)4-2-11/h1-7,10,17,21-24,26-28H,8-9H2. The van der Waals surface area contributed by atoms with E-state index in [0.29, 0.717) is 22.5 Å². The molecule has 5 N–H and O–H groups in total. The van der Waals surface area contributed by atoms with Crippen LogP contribution < -0.4 is 5.43 Å². The van der Waals surface area contributed by atoms with Crippen molar-refractivity contribution >= 4 is 6.08 Å². The first-order valence-corrected chi connectivity index (χ1v) is 9.44. The van der Waals surface area contributed by atoms with E-state index in [1.165, 1.54) is 30.5 Å². The van der Waals surface area contributed by atoms with E-state index in [4.69, 9.17) is 13.9 Å². The van der Waals surface area contributed by atoms with Crippen LogP contribution in [0.3, 0.4) is 0 Å². The van der Waals surface area contributed by atoms with Crippen molar-refractivity contribution in [3.05, 3.63) is 81.5 Å². The van der Waals surface area contributed by atoms with Gasteiger partial charge in [0.15, 0.2) is 23.1 Å². The van der Waals surface area contributed by atoms with E-state index in [0.717, 1.165) is 0 Å². The zero-order chi connectivity index (χ0) is 22.1. The lowest BCUT2D eigenvalue weighted by molar-refractivity contribution is -0.212. The average Bonchev–Trinajstić information content (AvgIpc) is 2.98. The monoisotopic (exact) mass is 428 g/mol. The Labute approximate surface area is 176 Å². The van der Waals surface area contributed by atoms with E-state index in [-0.39, 0.29) is 23.4 Å². The summed E-state index contributed by atoms with van der Waals surface area (Å²) >= 11 is 0. The lowest BCUT2D eigenvalue weighted by Crippen LogP contribution is -2.44. The summed E-state index contributed by atoms with van der Waals surface area (Å²) < 4.78 is 16.5. The summed E-state index contributed by atoms with van der Waals surface area (Å²) in [4.78, 5) is 13.0. The Morgan fingerprint density at radius 1 is 1.06 bits per heavy atom. The molecular formula is C22H20O9. The number of rotatable bonds is 4. The number of hydrogen-bond acceptors (Lipinski definition) is 9. The first kappa shape index (κ1) is 20.7. The summed E-state index contributed by atoms with van der Waals surface area (Å²) in [5.41, 5.74) is 0.971. The number of phenols is 1. The average molecular weight is 428 g/mol. The van der Waals surface area contributed by atoms with Crippen molar-refractivity contribution in [2.24, 2.45) is 0 Å². The molecular weight excluding hydrogens is 408 g/mol. The molecule has 31 heavy (non-hydrogen) atoms. The fourth-order valence-electron chi connectivity index (χ4n) is 3.30. The molecule has 0 amide bonds. The maximum atomic E-state index is 13.0. The summed E-state index contributed by atoms with van der Waals surface area (Å²) in [6.07, 6.45) is 1.87. The van der Waals surface area contributed by atoms with Gasteiger partial charge in [0.25, 0.3) is 0 Å². The fourth-order valence-corrected chi connectivity index (χ4v) is 3.30. The van der Waals surface area contributed by atoms with Crippen molar-refractivity contribution in [2.45, 2.75) is 24.9 Å². The molecule has 3 unspecified atom stereocenters. The molecule has 4 rings (SSSR count). The lowest BCUT2D eigenvalue weighted by atomic mass is 10.0. The molecule has 1 aliphatic carbocycles. The third-order valence-electron chi connectivity index (χ3n) is 5.01. The third kappa shape index (κ3) is 3.93. The van der Waals surface area contributed by atoms with Gasteiger partial charge in [0.1, 0.15) is 29.6 Å². The van der Waals surface area contributed by atoms with Gasteiger partial charge in [0.2, 0.25) is 6.29 Å². The Balaban J connectivity index is 1.58. The van der Waals surface area contributed by atoms with E-state index in [1.807, 2.05) is 0 Å². The third-order valence-corrected chi connectivity index (χ3v) is 5.01. The van der Waals surface area contributed by atoms with Crippen molar-refractivity contribution in [1.82, 2.24) is 0 Å². The normalized spacial score (nSPS) is 23.2. The van der Waals surface area contributed by atoms with Crippen LogP contribution in [0, 0.1) is 0 Å². The summed E-state index contributed by atoms with van der Waals surface area (Å²) in [5, 5.41) is 48.3. The molecule has 9 nitrogen and oxygen atoms in total. The van der Waals surface area contributed by atoms with E-state index < -0.39 is 36.6 Å². The van der Waals surface area contributed by atoms with Crippen LogP contribution in [-0.4, -0.2) is 50.6 Å². The minimum atomic E-state index is -1.66. The molecule has 0 saturated heterocycles. The van der Waals surface area contributed by atoms with Crippen molar-refractivity contribution < 1.29 is 39.4 Å². The van der Waals surface area contributed by atoms with Gasteiger partial charge in [0, 0.05) is 6.42 Å². The Morgan fingerprint density at radius 3 is 2.52 bits per heavy atom. The van der Waals surface area contributed by atoms with Crippen LogP contribution in [0.4, 0.5) is 0 Å². The highest BCUT2D eigenvalue weighted by molar-refractivity contribution is 5.68. The van der Waals surface area contributed by atoms with Gasteiger partial charge in [-0.2, -0.15) is 0 Å². The molecule has 0 radical (unpaired) electrons. The highest BCUT2D eigenvalue weighted by atomic mass is 16.7. The van der Waals surface area contributed by atoms with Gasteiger partial charge in [-0.3, -0.25) is 4.79 Å². The van der Waals surface area contributed by atoms with E-state index in [2.05, 4.69) is 0 Å². The first-order chi connectivity index (χ1) is 14.9. The molecule has 2 aromatic rings. The van der Waals surface area contributed by atoms with Gasteiger partial charge in [-0.25, -0.2) is 0 Å². The predicted octanol–water partition coefficient (Wildman–Crippen LogP) is 1.89. The number of allylic oxidation sites excluding steroid dienone is 2. The molecule has 0 bridgehead atoms. The molecule has 1 aliphatic heterocycles. The number of hydrogen-bond donors (Lipinski definition) is 5. The summed E-state index contributed by atoms with van der Waals surface area (Å²) in [5.74, 6) is -0.692. The van der Waals surface area contributed by atoms with Gasteiger partial charge in [-0.1, -0.05) is 12.1 Å². The van der Waals surface area contributed by atoms with Crippen molar-refractivity contribution in [3.8, 4) is 16.9 Å². The quantitative estimate of drug-likeness (QED) is 0.492. The Kier molecular flexibility index (Phi) is 5.55. The second kappa shape index (κ2) is 8.31. The van der Waals surface area contributed by atoms with Gasteiger partial charge in [-0.05, 0) is 35.9 Å². The predicted molar refractivity (Wildman–Crippen MR) is 108 cm³/mol. The molecule has 3 atom stereocenters. The number of fused-ring (bicyclic) bond motifs is 1. The minimum absolute atomic E-state index is 0.0820. The second-order valence-corrected chi connectivity index (χ2v) is 7.02. The molecule has 1 aromatic carbocycles. The molecule has 0 saturated carbocycles. The number of phenolic OH excluding ortho intramolecular Hbond substituents is 1. The topological polar surface area (TPSA) is 150 Å². The molecule has 2 aliphatic rings. The molecule has 0 spiro atoms. The molecule has 9 heteroatoms. The number of benzene rings is 1. The second-order valence-electron chi connectivity index (χ2n) is 7.02. The van der Waals surface area contributed by atoms with Crippen molar-refractivity contribution in [1.29, 1.82) is 0 Å². The number of aromatic hydroxyl groups is 1. The largest absolute Gasteiger partial charge is 0.508 e. The lowest BCUT2D eigenvalue weighted by Gasteiger charge is -2.32. The molecule has 0 fully saturated rings. The van der Waals surface area contributed by atoms with Crippen molar-refractivity contribution in [2.75, 3.05) is 6.61 Å². The van der Waals surface area contributed by atoms with Crippen LogP contribution >= 0.6 is 0 Å². The Bertz CT molecular complexity index is 1120. The van der Waals surface area contributed by atoms with Gasteiger partial charge in [-0.15, -0.1) is 0 Å². The zero-order valence-corrected chi connectivity index (χ0v) is 16.1. The van der Waals surface area contributed by atoms with Crippen LogP contribution in [0.1, 0.15) is 11.3 Å². The summed E-state index contributed by atoms with van der Waals surface area (Å²) in [6.45, 7) is -0.624. The number of aliphatic hydroxyl groups excluding tert-OH is 4. The molecule has 162 valence electrons. The van der Waals surface area contributed by atoms with E-state index in [1.54, 1.807) is 18.2 Å².